The Balaban J connectivity index is 1.51. The number of benzene rings is 2. The van der Waals surface area contributed by atoms with Gasteiger partial charge in [0.2, 0.25) is 5.91 Å². The lowest BCUT2D eigenvalue weighted by Gasteiger charge is -2.44. The topological polar surface area (TPSA) is 53.4 Å². The van der Waals surface area contributed by atoms with Gasteiger partial charge in [-0.2, -0.15) is 0 Å². The molecule has 1 aliphatic heterocycles. The molecule has 1 aromatic heterocycles. The molecule has 1 amide bonds. The zero-order valence-corrected chi connectivity index (χ0v) is 18.4. The van der Waals surface area contributed by atoms with Crippen molar-refractivity contribution in [2.75, 3.05) is 13.2 Å². The Morgan fingerprint density at radius 3 is 2.47 bits per heavy atom. The molecule has 2 aromatic carbocycles. The fraction of sp³-hybridized carbons (Fsp3) is 0.333. The molecule has 0 aliphatic carbocycles. The number of hydrogen-bond donors (Lipinski definition) is 1. The summed E-state index contributed by atoms with van der Waals surface area (Å²) >= 11 is 0. The first kappa shape index (κ1) is 22.2. The van der Waals surface area contributed by atoms with Crippen molar-refractivity contribution in [1.82, 2.24) is 9.88 Å². The van der Waals surface area contributed by atoms with Crippen molar-refractivity contribution in [1.29, 1.82) is 0 Å². The maximum absolute atomic E-state index is 13.5. The van der Waals surface area contributed by atoms with Crippen LogP contribution < -0.4 is 0 Å². The number of rotatable bonds is 7. The Hall–Kier alpha value is -3.05. The van der Waals surface area contributed by atoms with E-state index in [1.165, 1.54) is 12.1 Å². The van der Waals surface area contributed by atoms with Crippen LogP contribution in [0, 0.1) is 5.82 Å². The van der Waals surface area contributed by atoms with Crippen LogP contribution in [-0.2, 0) is 10.2 Å². The normalized spacial score (nSPS) is 19.7. The van der Waals surface area contributed by atoms with Gasteiger partial charge < -0.3 is 10.0 Å². The summed E-state index contributed by atoms with van der Waals surface area (Å²) in [5.74, 6) is -0.180. The summed E-state index contributed by atoms with van der Waals surface area (Å²) in [6, 6.07) is 18.7. The highest BCUT2D eigenvalue weighted by molar-refractivity contribution is 5.79. The van der Waals surface area contributed by atoms with Crippen LogP contribution in [0.3, 0.4) is 0 Å². The van der Waals surface area contributed by atoms with Crippen molar-refractivity contribution in [2.24, 2.45) is 0 Å². The quantitative estimate of drug-likeness (QED) is 0.553. The number of amides is 1. The molecule has 4 rings (SSSR count). The van der Waals surface area contributed by atoms with Gasteiger partial charge in [-0.25, -0.2) is 4.39 Å². The van der Waals surface area contributed by atoms with Crippen LogP contribution in [0.5, 0.6) is 0 Å². The maximum atomic E-state index is 13.5. The third-order valence-corrected chi connectivity index (χ3v) is 6.77. The number of pyridine rings is 1. The molecule has 3 aromatic rings. The van der Waals surface area contributed by atoms with Gasteiger partial charge in [0.25, 0.3) is 0 Å². The molecule has 4 nitrogen and oxygen atoms in total. The molecule has 1 N–H and O–H groups in total. The second-order valence-electron chi connectivity index (χ2n) is 8.67. The zero-order valence-electron chi connectivity index (χ0n) is 18.4. The first-order chi connectivity index (χ1) is 15.5. The highest BCUT2D eigenvalue weighted by atomic mass is 19.1. The van der Waals surface area contributed by atoms with E-state index >= 15 is 0 Å². The van der Waals surface area contributed by atoms with Gasteiger partial charge in [0, 0.05) is 37.4 Å². The molecule has 5 heteroatoms. The third-order valence-electron chi connectivity index (χ3n) is 6.77. The smallest absolute Gasteiger partial charge is 0.223 e. The molecule has 1 aliphatic rings. The van der Waals surface area contributed by atoms with Gasteiger partial charge in [0.1, 0.15) is 5.82 Å². The van der Waals surface area contributed by atoms with Crippen LogP contribution in [0.1, 0.15) is 49.8 Å². The van der Waals surface area contributed by atoms with Gasteiger partial charge >= 0.3 is 0 Å². The second kappa shape index (κ2) is 9.61. The van der Waals surface area contributed by atoms with E-state index in [0.29, 0.717) is 25.8 Å². The van der Waals surface area contributed by atoms with Crippen LogP contribution in [0.25, 0.3) is 11.1 Å². The molecular weight excluding hydrogens is 403 g/mol. The Morgan fingerprint density at radius 2 is 1.84 bits per heavy atom. The minimum absolute atomic E-state index is 0.0329. The van der Waals surface area contributed by atoms with Crippen molar-refractivity contribution < 1.29 is 14.3 Å². The summed E-state index contributed by atoms with van der Waals surface area (Å²) < 4.78 is 13.5. The van der Waals surface area contributed by atoms with E-state index in [1.54, 1.807) is 18.3 Å². The van der Waals surface area contributed by atoms with Crippen molar-refractivity contribution in [2.45, 2.75) is 44.1 Å². The number of aromatic nitrogens is 1. The van der Waals surface area contributed by atoms with Crippen LogP contribution >= 0.6 is 0 Å². The second-order valence-corrected chi connectivity index (χ2v) is 8.67. The number of piperidine rings is 1. The van der Waals surface area contributed by atoms with Crippen LogP contribution in [0.4, 0.5) is 4.39 Å². The molecule has 0 saturated carbocycles. The summed E-state index contributed by atoms with van der Waals surface area (Å²) in [5.41, 5.74) is 3.88. The number of nitrogens with zero attached hydrogens (tertiary/aromatic N) is 2. The molecular formula is C27H29FN2O2. The standard InChI is InChI=1S/C27H29FN2O2/c1-20(21-5-7-22(8-6-21)23-4-2-15-29-19-23)30-16-14-27(13-3-17-31,18-26(30)32)24-9-11-25(28)12-10-24/h2,4-12,15,19-20,31H,3,13-14,16-18H2,1H3/t20-,27?/m0/s1. The maximum Gasteiger partial charge on any atom is 0.223 e. The van der Waals surface area contributed by atoms with Gasteiger partial charge in [-0.3, -0.25) is 9.78 Å². The summed E-state index contributed by atoms with van der Waals surface area (Å²) in [4.78, 5) is 19.4. The summed E-state index contributed by atoms with van der Waals surface area (Å²) in [7, 11) is 0. The number of aliphatic hydroxyl groups excluding tert-OH is 1. The van der Waals surface area contributed by atoms with Crippen LogP contribution in [-0.4, -0.2) is 34.0 Å². The highest BCUT2D eigenvalue weighted by Gasteiger charge is 2.41. The molecule has 2 atom stereocenters. The fourth-order valence-corrected chi connectivity index (χ4v) is 4.84. The highest BCUT2D eigenvalue weighted by Crippen LogP contribution is 2.42. The van der Waals surface area contributed by atoms with Gasteiger partial charge in [0.05, 0.1) is 6.04 Å². The number of carbonyl (C=O) groups is 1. The number of aliphatic hydroxyl groups is 1. The van der Waals surface area contributed by atoms with Crippen LogP contribution in [0.2, 0.25) is 0 Å². The van der Waals surface area contributed by atoms with E-state index in [1.807, 2.05) is 23.2 Å². The first-order valence-electron chi connectivity index (χ1n) is 11.2. The van der Waals surface area contributed by atoms with Gasteiger partial charge in [-0.05, 0) is 66.6 Å². The Labute approximate surface area is 188 Å². The zero-order chi connectivity index (χ0) is 22.6. The third kappa shape index (κ3) is 4.58. The molecule has 0 bridgehead atoms. The SMILES string of the molecule is C[C@@H](c1ccc(-c2cccnc2)cc1)N1CCC(CCCO)(c2ccc(F)cc2)CC1=O. The van der Waals surface area contributed by atoms with Gasteiger partial charge in [-0.1, -0.05) is 42.5 Å². The van der Waals surface area contributed by atoms with E-state index < -0.39 is 0 Å². The predicted octanol–water partition coefficient (Wildman–Crippen LogP) is 5.28. The summed E-state index contributed by atoms with van der Waals surface area (Å²) in [6.07, 6.45) is 6.10. The Morgan fingerprint density at radius 1 is 1.09 bits per heavy atom. The first-order valence-corrected chi connectivity index (χ1v) is 11.2. The Bertz CT molecular complexity index is 1040. The molecule has 2 heterocycles. The molecule has 1 saturated heterocycles. The van der Waals surface area contributed by atoms with E-state index in [4.69, 9.17) is 0 Å². The molecule has 0 spiro atoms. The average Bonchev–Trinajstić information content (AvgIpc) is 2.83. The minimum Gasteiger partial charge on any atom is -0.396 e. The molecule has 1 unspecified atom stereocenters. The summed E-state index contributed by atoms with van der Waals surface area (Å²) in [5, 5.41) is 9.40. The Kier molecular flexibility index (Phi) is 6.66. The average molecular weight is 433 g/mol. The lowest BCUT2D eigenvalue weighted by molar-refractivity contribution is -0.138. The van der Waals surface area contributed by atoms with E-state index in [0.717, 1.165) is 28.7 Å². The van der Waals surface area contributed by atoms with E-state index in [-0.39, 0.29) is 29.8 Å². The van der Waals surface area contributed by atoms with Crippen molar-refractivity contribution >= 4 is 5.91 Å². The summed E-state index contributed by atoms with van der Waals surface area (Å²) in [6.45, 7) is 2.78. The van der Waals surface area contributed by atoms with Crippen LogP contribution in [0.15, 0.2) is 73.1 Å². The fourth-order valence-electron chi connectivity index (χ4n) is 4.84. The number of likely N-dealkylation sites (tertiary alicyclic amines) is 1. The van der Waals surface area contributed by atoms with Crippen molar-refractivity contribution in [3.8, 4) is 11.1 Å². The molecule has 32 heavy (non-hydrogen) atoms. The lowest BCUT2D eigenvalue weighted by Crippen LogP contribution is -2.47. The van der Waals surface area contributed by atoms with E-state index in [9.17, 15) is 14.3 Å². The minimum atomic E-state index is -0.353. The van der Waals surface area contributed by atoms with E-state index in [2.05, 4.69) is 36.2 Å². The molecule has 166 valence electrons. The number of hydrogen-bond acceptors (Lipinski definition) is 3. The van der Waals surface area contributed by atoms with Gasteiger partial charge in [-0.15, -0.1) is 0 Å². The monoisotopic (exact) mass is 432 g/mol. The predicted molar refractivity (Wildman–Crippen MR) is 123 cm³/mol. The molecule has 0 radical (unpaired) electrons. The number of carbonyl (C=O) groups excluding carboxylic acids is 1. The van der Waals surface area contributed by atoms with Gasteiger partial charge in [0.15, 0.2) is 0 Å². The molecule has 1 fully saturated rings. The van der Waals surface area contributed by atoms with Crippen molar-refractivity contribution in [3.05, 3.63) is 90.0 Å². The largest absolute Gasteiger partial charge is 0.396 e. The number of halogens is 1. The lowest BCUT2D eigenvalue weighted by atomic mass is 9.69. The van der Waals surface area contributed by atoms with Crippen molar-refractivity contribution in [3.63, 3.8) is 0 Å².